The third kappa shape index (κ3) is 8.26. The number of carbonyl (C=O) groups excluding carboxylic acids is 1. The fourth-order valence-electron chi connectivity index (χ4n) is 5.74. The Kier molecular flexibility index (Phi) is 11.8. The van der Waals surface area contributed by atoms with Crippen molar-refractivity contribution in [1.82, 2.24) is 34.9 Å². The number of benzene rings is 6. The van der Waals surface area contributed by atoms with Gasteiger partial charge in [-0.3, -0.25) is 4.79 Å². The van der Waals surface area contributed by atoms with Gasteiger partial charge in [-0.1, -0.05) is 107 Å². The van der Waals surface area contributed by atoms with Gasteiger partial charge in [0, 0.05) is 18.4 Å². The zero-order chi connectivity index (χ0) is 38.5. The molecule has 0 spiro atoms. The van der Waals surface area contributed by atoms with E-state index >= 15 is 0 Å². The van der Waals surface area contributed by atoms with Crippen LogP contribution in [0.1, 0.15) is 6.92 Å². The second-order valence-electron chi connectivity index (χ2n) is 12.3. The number of aromatic nitrogens is 6. The van der Waals surface area contributed by atoms with Crippen LogP contribution in [0.3, 0.4) is 0 Å². The molecule has 0 N–H and O–H groups in total. The number of ether oxygens (including phenoxy) is 2. The zero-order valence-corrected chi connectivity index (χ0v) is 32.9. The second kappa shape index (κ2) is 16.9. The van der Waals surface area contributed by atoms with Crippen molar-refractivity contribution in [3.63, 3.8) is 0 Å². The Bertz CT molecular complexity index is 2500. The number of hydrogen-bond donors (Lipinski definition) is 0. The predicted octanol–water partition coefficient (Wildman–Crippen LogP) is 8.60. The van der Waals surface area contributed by atoms with Crippen molar-refractivity contribution in [3.05, 3.63) is 151 Å². The fourth-order valence-corrected chi connectivity index (χ4v) is 5.74. The Balaban J connectivity index is 0.000000146. The van der Waals surface area contributed by atoms with Gasteiger partial charge in [-0.25, -0.2) is 0 Å². The summed E-state index contributed by atoms with van der Waals surface area (Å²) >= 11 is 0. The van der Waals surface area contributed by atoms with E-state index in [1.54, 1.807) is 37.1 Å². The van der Waals surface area contributed by atoms with E-state index in [1.807, 2.05) is 109 Å². The van der Waals surface area contributed by atoms with Gasteiger partial charge in [0.15, 0.2) is 0 Å². The van der Waals surface area contributed by atoms with Crippen LogP contribution >= 0.6 is 0 Å². The molecule has 2 aromatic heterocycles. The molecule has 1 aliphatic heterocycles. The molecule has 282 valence electrons. The third-order valence-corrected chi connectivity index (χ3v) is 8.54. The first-order chi connectivity index (χ1) is 26.6. The van der Waals surface area contributed by atoms with E-state index in [2.05, 4.69) is 37.8 Å². The maximum absolute atomic E-state index is 12.4. The second-order valence-corrected chi connectivity index (χ2v) is 12.3. The number of halogens is 2. The first-order valence-corrected chi connectivity index (χ1v) is 17.0. The number of hydrogen-bond acceptors (Lipinski definition) is 8. The number of nitrogens with zero attached hydrogens (tertiary/aromatic N) is 8. The first kappa shape index (κ1) is 39.2. The van der Waals surface area contributed by atoms with Gasteiger partial charge in [0.05, 0.1) is 14.2 Å². The Morgan fingerprint density at radius 3 is 1.39 bits per heavy atom. The molecule has 0 fully saturated rings. The normalized spacial score (nSPS) is 12.8. The summed E-state index contributed by atoms with van der Waals surface area (Å²) < 4.78 is 35.6. The minimum absolute atomic E-state index is 0. The zero-order valence-electron chi connectivity index (χ0n) is 30.5. The standard InChI is InChI=1S/2C17H12N3O.C8H10F2N2O.Ir/c2*1-21-17-11-10-16(12-6-2-3-7-13(12)17)20-18-14-8-4-5-9-15(14)19-20;1-8(9,10)6(13)5-7-11-3-4-12(7)2;/h2*2-9,11H,1H3;3-5H,1-2H3,(H,11,13);/q2*-1;;+3/p-1. The third-order valence-electron chi connectivity index (χ3n) is 8.54. The van der Waals surface area contributed by atoms with Crippen molar-refractivity contribution in [2.24, 2.45) is 0 Å². The molecule has 9 rings (SSSR count). The molecule has 0 radical (unpaired) electrons. The minimum Gasteiger partial charge on any atom is -0.554 e. The summed E-state index contributed by atoms with van der Waals surface area (Å²) in [6.45, 7) is 0.564. The van der Waals surface area contributed by atoms with E-state index in [-0.39, 0.29) is 25.9 Å². The molecule has 6 aromatic carbocycles. The largest absolute Gasteiger partial charge is 3.00 e. The predicted molar refractivity (Wildman–Crippen MR) is 207 cm³/mol. The first-order valence-electron chi connectivity index (χ1n) is 17.0. The molecular weight excluding hydrogens is 895 g/mol. The van der Waals surface area contributed by atoms with Gasteiger partial charge in [0.2, 0.25) is 5.78 Å². The van der Waals surface area contributed by atoms with E-state index in [0.29, 0.717) is 6.92 Å². The summed E-state index contributed by atoms with van der Waals surface area (Å²) in [5, 5.41) is 25.9. The van der Waals surface area contributed by atoms with Crippen molar-refractivity contribution in [2.45, 2.75) is 12.8 Å². The Morgan fingerprint density at radius 1 is 0.679 bits per heavy atom. The molecule has 0 bridgehead atoms. The summed E-state index contributed by atoms with van der Waals surface area (Å²) in [6.07, 6.45) is 3.85. The molecular formula is C42H33F2IrN8O3. The van der Waals surface area contributed by atoms with Gasteiger partial charge in [-0.2, -0.15) is 50.9 Å². The van der Waals surface area contributed by atoms with Gasteiger partial charge in [0.25, 0.3) is 0 Å². The molecule has 3 heterocycles. The van der Waals surface area contributed by atoms with Crippen LogP contribution in [0.2, 0.25) is 0 Å². The molecule has 11 nitrogen and oxygen atoms in total. The molecule has 8 aromatic rings. The number of ketones is 1. The maximum Gasteiger partial charge on any atom is 3.00 e. The summed E-state index contributed by atoms with van der Waals surface area (Å²) in [5.41, 5.74) is 5.11. The molecule has 14 heteroatoms. The van der Waals surface area contributed by atoms with Crippen LogP contribution in [-0.4, -0.2) is 67.9 Å². The summed E-state index contributed by atoms with van der Waals surface area (Å²) in [7, 11) is 4.95. The number of rotatable bonds is 6. The number of carbonyl (C=O) groups is 1. The van der Waals surface area contributed by atoms with Crippen molar-refractivity contribution in [2.75, 3.05) is 21.3 Å². The van der Waals surface area contributed by atoms with Crippen molar-refractivity contribution < 1.29 is 43.2 Å². The van der Waals surface area contributed by atoms with E-state index in [9.17, 15) is 13.6 Å². The van der Waals surface area contributed by atoms with Crippen LogP contribution in [0.4, 0.5) is 8.78 Å². The van der Waals surface area contributed by atoms with Gasteiger partial charge >= 0.3 is 26.0 Å². The van der Waals surface area contributed by atoms with Crippen molar-refractivity contribution in [1.29, 1.82) is 0 Å². The quantitative estimate of drug-likeness (QED) is 0.120. The van der Waals surface area contributed by atoms with Gasteiger partial charge in [-0.15, -0.1) is 24.3 Å². The van der Waals surface area contributed by atoms with Crippen LogP contribution in [0, 0.1) is 12.1 Å². The Hall–Kier alpha value is -6.50. The van der Waals surface area contributed by atoms with Crippen LogP contribution in [0.5, 0.6) is 11.5 Å². The maximum atomic E-state index is 12.4. The van der Waals surface area contributed by atoms with E-state index in [4.69, 9.17) is 9.47 Å². The molecule has 0 atom stereocenters. The molecule has 0 saturated carbocycles. The van der Waals surface area contributed by atoms with Gasteiger partial charge in [-0.05, 0) is 41.7 Å². The summed E-state index contributed by atoms with van der Waals surface area (Å²) in [4.78, 5) is 15.6. The Morgan fingerprint density at radius 2 is 1.05 bits per heavy atom. The van der Waals surface area contributed by atoms with Crippen LogP contribution < -0.4 is 9.47 Å². The topological polar surface area (TPSA) is 114 Å². The molecule has 0 saturated heterocycles. The van der Waals surface area contributed by atoms with E-state index in [1.165, 1.54) is 11.1 Å². The summed E-state index contributed by atoms with van der Waals surface area (Å²) in [5.74, 6) is -2.74. The molecule has 1 aliphatic rings. The molecule has 0 amide bonds. The average molecular weight is 928 g/mol. The van der Waals surface area contributed by atoms with Crippen LogP contribution in [-0.2, 0) is 24.9 Å². The van der Waals surface area contributed by atoms with E-state index < -0.39 is 11.7 Å². The number of fused-ring (bicyclic) bond motifs is 4. The number of allylic oxidation sites excluding steroid dienone is 1. The molecule has 0 unspecified atom stereocenters. The average Bonchev–Trinajstić information content (AvgIpc) is 3.95. The van der Waals surface area contributed by atoms with Gasteiger partial charge in [0.1, 0.15) is 22.1 Å². The summed E-state index contributed by atoms with van der Waals surface area (Å²) in [6, 6.07) is 41.8. The van der Waals surface area contributed by atoms with Crippen molar-refractivity contribution in [3.8, 4) is 22.9 Å². The monoisotopic (exact) mass is 928 g/mol. The SMILES string of the molecule is CN1C=C[N-]C1=CC(=O)C(C)(F)F.COc1c[c-]c(-n2nc3ccccc3n2)c2ccccc12.COc1c[c-]c(-n2nc3ccccc3n2)c2ccccc12.[Ir+3]. The van der Waals surface area contributed by atoms with Gasteiger partial charge < -0.3 is 19.7 Å². The fraction of sp³-hybridized carbons (Fsp3) is 0.119. The van der Waals surface area contributed by atoms with Crippen LogP contribution in [0.15, 0.2) is 133 Å². The number of methoxy groups -OCH3 is 2. The van der Waals surface area contributed by atoms with Crippen LogP contribution in [0.25, 0.3) is 60.3 Å². The smallest absolute Gasteiger partial charge is 0.554 e. The Labute approximate surface area is 334 Å². The molecule has 56 heavy (non-hydrogen) atoms. The molecule has 0 aliphatic carbocycles. The van der Waals surface area contributed by atoms with E-state index in [0.717, 1.165) is 72.6 Å². The minimum atomic E-state index is -3.33. The number of alkyl halides is 2. The van der Waals surface area contributed by atoms with Crippen molar-refractivity contribution >= 4 is 49.4 Å².